The van der Waals surface area contributed by atoms with Crippen molar-refractivity contribution < 1.29 is 8.42 Å². The lowest BCUT2D eigenvalue weighted by Crippen LogP contribution is -2.42. The second kappa shape index (κ2) is 9.88. The molecular weight excluding hydrogens is 509 g/mol. The highest BCUT2D eigenvalue weighted by atomic mass is 127. The van der Waals surface area contributed by atoms with Crippen molar-refractivity contribution in [2.75, 3.05) is 37.2 Å². The highest BCUT2D eigenvalue weighted by Gasteiger charge is 2.28. The standard InChI is InChI=1S/C18H25N5O2S2.HI/c1-14-21-16(13-26-14)12-22(3)18(19-2)20-9-11-27(24,25)23-10-8-15-6-4-5-7-17(15)23;/h4-7,13H,8-12H2,1-3H3,(H,19,20);1H. The number of aryl methyl sites for hydroxylation is 1. The molecule has 2 heterocycles. The highest BCUT2D eigenvalue weighted by Crippen LogP contribution is 2.29. The van der Waals surface area contributed by atoms with Crippen LogP contribution >= 0.6 is 35.3 Å². The van der Waals surface area contributed by atoms with Crippen LogP contribution in [0.15, 0.2) is 34.6 Å². The van der Waals surface area contributed by atoms with Crippen molar-refractivity contribution in [1.29, 1.82) is 0 Å². The van der Waals surface area contributed by atoms with E-state index in [2.05, 4.69) is 15.3 Å². The molecule has 0 amide bonds. The van der Waals surface area contributed by atoms with Crippen LogP contribution in [0, 0.1) is 6.92 Å². The number of thiazole rings is 1. The van der Waals surface area contributed by atoms with Crippen molar-refractivity contribution in [2.45, 2.75) is 19.9 Å². The van der Waals surface area contributed by atoms with Gasteiger partial charge in [-0.05, 0) is 25.0 Å². The number of fused-ring (bicyclic) bond motifs is 1. The first kappa shape index (κ1) is 22.9. The molecule has 1 aromatic heterocycles. The Labute approximate surface area is 187 Å². The normalized spacial score (nSPS) is 13.8. The molecule has 1 aliphatic heterocycles. The summed E-state index contributed by atoms with van der Waals surface area (Å²) >= 11 is 1.61. The van der Waals surface area contributed by atoms with Gasteiger partial charge in [-0.1, -0.05) is 18.2 Å². The summed E-state index contributed by atoms with van der Waals surface area (Å²) in [6.07, 6.45) is 0.764. The number of anilines is 1. The van der Waals surface area contributed by atoms with Crippen molar-refractivity contribution in [2.24, 2.45) is 4.99 Å². The average Bonchev–Trinajstić information content (AvgIpc) is 3.25. The Morgan fingerprint density at radius 1 is 1.39 bits per heavy atom. The smallest absolute Gasteiger partial charge is 0.236 e. The Balaban J connectivity index is 0.00000280. The Kier molecular flexibility index (Phi) is 8.07. The Bertz CT molecular complexity index is 930. The van der Waals surface area contributed by atoms with Crippen molar-refractivity contribution in [3.63, 3.8) is 0 Å². The number of aliphatic imine (C=N–C) groups is 1. The maximum absolute atomic E-state index is 12.8. The summed E-state index contributed by atoms with van der Waals surface area (Å²) in [5, 5.41) is 6.19. The van der Waals surface area contributed by atoms with E-state index in [4.69, 9.17) is 0 Å². The zero-order chi connectivity index (χ0) is 19.4. The molecule has 0 atom stereocenters. The van der Waals surface area contributed by atoms with Gasteiger partial charge in [-0.15, -0.1) is 35.3 Å². The first-order valence-corrected chi connectivity index (χ1v) is 11.3. The van der Waals surface area contributed by atoms with Gasteiger partial charge in [0.1, 0.15) is 0 Å². The number of aromatic nitrogens is 1. The van der Waals surface area contributed by atoms with Crippen molar-refractivity contribution >= 4 is 57.0 Å². The van der Waals surface area contributed by atoms with Gasteiger partial charge < -0.3 is 10.2 Å². The summed E-state index contributed by atoms with van der Waals surface area (Å²) in [5.74, 6) is 0.668. The summed E-state index contributed by atoms with van der Waals surface area (Å²) in [4.78, 5) is 10.6. The zero-order valence-corrected chi connectivity index (χ0v) is 20.2. The van der Waals surface area contributed by atoms with Gasteiger partial charge >= 0.3 is 0 Å². The molecule has 10 heteroatoms. The largest absolute Gasteiger partial charge is 0.355 e. The van der Waals surface area contributed by atoms with Gasteiger partial charge in [-0.2, -0.15) is 0 Å². The number of halogens is 1. The van der Waals surface area contributed by atoms with Crippen LogP contribution in [0.2, 0.25) is 0 Å². The number of sulfonamides is 1. The maximum atomic E-state index is 12.8. The number of para-hydroxylation sites is 1. The number of nitrogens with zero attached hydrogens (tertiary/aromatic N) is 4. The Morgan fingerprint density at radius 2 is 2.14 bits per heavy atom. The number of nitrogens with one attached hydrogen (secondary N) is 1. The van der Waals surface area contributed by atoms with Crippen LogP contribution in [0.1, 0.15) is 16.3 Å². The van der Waals surface area contributed by atoms with Gasteiger partial charge in [0.2, 0.25) is 10.0 Å². The molecule has 0 unspecified atom stereocenters. The van der Waals surface area contributed by atoms with Gasteiger partial charge in [0, 0.05) is 32.6 Å². The van der Waals surface area contributed by atoms with E-state index >= 15 is 0 Å². The fourth-order valence-corrected chi connectivity index (χ4v) is 5.21. The van der Waals surface area contributed by atoms with E-state index < -0.39 is 10.0 Å². The van der Waals surface area contributed by atoms with E-state index in [1.807, 2.05) is 48.5 Å². The molecule has 1 aliphatic rings. The van der Waals surface area contributed by atoms with Gasteiger partial charge in [-0.25, -0.2) is 13.4 Å². The molecule has 0 saturated heterocycles. The molecule has 3 rings (SSSR count). The fourth-order valence-electron chi connectivity index (χ4n) is 3.18. The number of guanidine groups is 1. The average molecular weight is 535 g/mol. The van der Waals surface area contributed by atoms with Crippen LogP contribution in [-0.4, -0.2) is 57.2 Å². The molecule has 0 bridgehead atoms. The fraction of sp³-hybridized carbons (Fsp3) is 0.444. The molecule has 0 radical (unpaired) electrons. The van der Waals surface area contributed by atoms with Crippen molar-refractivity contribution in [3.8, 4) is 0 Å². The van der Waals surface area contributed by atoms with E-state index in [0.717, 1.165) is 28.4 Å². The minimum absolute atomic E-state index is 0. The molecular formula is C18H26IN5O2S2. The van der Waals surface area contributed by atoms with E-state index in [1.54, 1.807) is 18.4 Å². The van der Waals surface area contributed by atoms with E-state index in [1.165, 1.54) is 4.31 Å². The zero-order valence-electron chi connectivity index (χ0n) is 16.3. The van der Waals surface area contributed by atoms with Gasteiger partial charge in [-0.3, -0.25) is 9.30 Å². The predicted molar refractivity (Wildman–Crippen MR) is 126 cm³/mol. The third-order valence-electron chi connectivity index (χ3n) is 4.46. The molecule has 2 aromatic rings. The summed E-state index contributed by atoms with van der Waals surface area (Å²) in [6.45, 7) is 3.41. The molecule has 1 N–H and O–H groups in total. The number of benzene rings is 1. The summed E-state index contributed by atoms with van der Waals surface area (Å²) in [6, 6.07) is 7.68. The molecule has 28 heavy (non-hydrogen) atoms. The van der Waals surface area contributed by atoms with Crippen LogP contribution in [0.3, 0.4) is 0 Å². The first-order chi connectivity index (χ1) is 12.9. The Morgan fingerprint density at radius 3 is 2.82 bits per heavy atom. The minimum atomic E-state index is -3.37. The summed E-state index contributed by atoms with van der Waals surface area (Å²) in [5.41, 5.74) is 2.87. The molecule has 0 aliphatic carbocycles. The van der Waals surface area contributed by atoms with E-state index in [-0.39, 0.29) is 29.7 Å². The molecule has 0 fully saturated rings. The first-order valence-electron chi connectivity index (χ1n) is 8.82. The molecule has 0 saturated carbocycles. The van der Waals surface area contributed by atoms with Gasteiger partial charge in [0.15, 0.2) is 5.96 Å². The predicted octanol–water partition coefficient (Wildman–Crippen LogP) is 2.47. The molecule has 7 nitrogen and oxygen atoms in total. The number of rotatable bonds is 6. The van der Waals surface area contributed by atoms with Crippen LogP contribution < -0.4 is 9.62 Å². The number of hydrogen-bond donors (Lipinski definition) is 1. The summed E-state index contributed by atoms with van der Waals surface area (Å²) < 4.78 is 27.0. The van der Waals surface area contributed by atoms with Gasteiger partial charge in [0.05, 0.1) is 28.7 Å². The molecule has 1 aromatic carbocycles. The quantitative estimate of drug-likeness (QED) is 0.350. The topological polar surface area (TPSA) is 77.9 Å². The Hall–Kier alpha value is -1.40. The lowest BCUT2D eigenvalue weighted by molar-refractivity contribution is 0.472. The van der Waals surface area contributed by atoms with Crippen LogP contribution in [0.4, 0.5) is 5.69 Å². The van der Waals surface area contributed by atoms with Crippen LogP contribution in [0.5, 0.6) is 0 Å². The summed E-state index contributed by atoms with van der Waals surface area (Å²) in [7, 11) is 0.231. The second-order valence-electron chi connectivity index (χ2n) is 6.45. The van der Waals surface area contributed by atoms with E-state index in [0.29, 0.717) is 25.6 Å². The molecule has 0 spiro atoms. The number of hydrogen-bond acceptors (Lipinski definition) is 5. The van der Waals surface area contributed by atoms with E-state index in [9.17, 15) is 8.42 Å². The second-order valence-corrected chi connectivity index (χ2v) is 9.53. The van der Waals surface area contributed by atoms with Crippen LogP contribution in [-0.2, 0) is 23.0 Å². The SMILES string of the molecule is CN=C(NCCS(=O)(=O)N1CCc2ccccc21)N(C)Cc1csc(C)n1.I. The lowest BCUT2D eigenvalue weighted by atomic mass is 10.2. The van der Waals surface area contributed by atoms with Crippen molar-refractivity contribution in [3.05, 3.63) is 45.9 Å². The third kappa shape index (κ3) is 5.35. The minimum Gasteiger partial charge on any atom is -0.355 e. The maximum Gasteiger partial charge on any atom is 0.236 e. The monoisotopic (exact) mass is 535 g/mol. The van der Waals surface area contributed by atoms with Gasteiger partial charge in [0.25, 0.3) is 0 Å². The highest BCUT2D eigenvalue weighted by molar-refractivity contribution is 14.0. The molecule has 154 valence electrons. The lowest BCUT2D eigenvalue weighted by Gasteiger charge is -2.23. The third-order valence-corrected chi connectivity index (χ3v) is 7.06. The van der Waals surface area contributed by atoms with Crippen LogP contribution in [0.25, 0.3) is 0 Å². The van der Waals surface area contributed by atoms with Crippen molar-refractivity contribution in [1.82, 2.24) is 15.2 Å².